The summed E-state index contributed by atoms with van der Waals surface area (Å²) in [6.45, 7) is 10.9. The summed E-state index contributed by atoms with van der Waals surface area (Å²) in [5.74, 6) is 0. The van der Waals surface area contributed by atoms with Gasteiger partial charge in [-0.1, -0.05) is 13.8 Å². The van der Waals surface area contributed by atoms with E-state index in [-0.39, 0.29) is 9.85 Å². The summed E-state index contributed by atoms with van der Waals surface area (Å²) < 4.78 is 10.3. The molecule has 0 radical (unpaired) electrons. The van der Waals surface area contributed by atoms with E-state index in [4.69, 9.17) is 9.47 Å². The molecular weight excluding hydrogens is 344 g/mol. The Balaban J connectivity index is 0.000000260. The van der Waals surface area contributed by atoms with Crippen LogP contribution in [-0.2, 0) is 9.47 Å². The van der Waals surface area contributed by atoms with E-state index in [1.807, 2.05) is 13.8 Å². The molecule has 10 heteroatoms. The molecule has 2 rings (SSSR count). The maximum atomic E-state index is 10.6. The molecule has 2 aliphatic rings. The standard InChI is InChI=1S/2C8H16N2O3/c2*1-2-8(10(11)12)7-9-3-5-13-6-4-9/h2*8H,2-7H2,1H3. The number of rotatable bonds is 8. The molecule has 0 amide bonds. The van der Waals surface area contributed by atoms with Crippen LogP contribution < -0.4 is 0 Å². The van der Waals surface area contributed by atoms with Gasteiger partial charge in [-0.05, 0) is 0 Å². The predicted molar refractivity (Wildman–Crippen MR) is 96.7 cm³/mol. The van der Waals surface area contributed by atoms with Gasteiger partial charge in [-0.25, -0.2) is 0 Å². The second-order valence-electron chi connectivity index (χ2n) is 6.52. The van der Waals surface area contributed by atoms with Crippen molar-refractivity contribution in [2.75, 3.05) is 65.7 Å². The molecule has 152 valence electrons. The Bertz CT molecular complexity index is 376. The van der Waals surface area contributed by atoms with E-state index in [1.165, 1.54) is 0 Å². The van der Waals surface area contributed by atoms with Crippen LogP contribution in [0.5, 0.6) is 0 Å². The van der Waals surface area contributed by atoms with Crippen molar-refractivity contribution in [2.24, 2.45) is 0 Å². The summed E-state index contributed by atoms with van der Waals surface area (Å²) in [7, 11) is 0. The average molecular weight is 376 g/mol. The molecule has 2 unspecified atom stereocenters. The minimum atomic E-state index is -0.418. The molecule has 0 bridgehead atoms. The van der Waals surface area contributed by atoms with E-state index in [0.29, 0.717) is 52.4 Å². The molecular formula is C16H32N4O6. The second kappa shape index (κ2) is 12.9. The highest BCUT2D eigenvalue weighted by Gasteiger charge is 2.23. The summed E-state index contributed by atoms with van der Waals surface area (Å²) in [6.07, 6.45) is 1.20. The van der Waals surface area contributed by atoms with Crippen molar-refractivity contribution in [3.8, 4) is 0 Å². The minimum absolute atomic E-state index is 0.185. The van der Waals surface area contributed by atoms with Gasteiger partial charge in [0.15, 0.2) is 0 Å². The van der Waals surface area contributed by atoms with Gasteiger partial charge in [0, 0.05) is 48.9 Å². The summed E-state index contributed by atoms with van der Waals surface area (Å²) >= 11 is 0. The Labute approximate surface area is 154 Å². The lowest BCUT2D eigenvalue weighted by atomic mass is 10.2. The molecule has 0 aliphatic carbocycles. The second-order valence-corrected chi connectivity index (χ2v) is 6.52. The van der Waals surface area contributed by atoms with Crippen LogP contribution in [0.1, 0.15) is 26.7 Å². The smallest absolute Gasteiger partial charge is 0.225 e. The summed E-state index contributed by atoms with van der Waals surface area (Å²) in [5, 5.41) is 21.1. The van der Waals surface area contributed by atoms with Gasteiger partial charge in [0.05, 0.1) is 39.5 Å². The number of hydrogen-bond donors (Lipinski definition) is 0. The Morgan fingerprint density at radius 2 is 1.08 bits per heavy atom. The van der Waals surface area contributed by atoms with Crippen LogP contribution in [-0.4, -0.2) is 97.4 Å². The highest BCUT2D eigenvalue weighted by molar-refractivity contribution is 4.67. The van der Waals surface area contributed by atoms with Crippen LogP contribution in [0, 0.1) is 20.2 Å². The minimum Gasteiger partial charge on any atom is -0.379 e. The number of nitrogens with zero attached hydrogens (tertiary/aromatic N) is 4. The molecule has 26 heavy (non-hydrogen) atoms. The van der Waals surface area contributed by atoms with Gasteiger partial charge in [0.25, 0.3) is 0 Å². The van der Waals surface area contributed by atoms with Crippen molar-refractivity contribution < 1.29 is 19.3 Å². The molecule has 2 atom stereocenters. The van der Waals surface area contributed by atoms with Crippen molar-refractivity contribution in [2.45, 2.75) is 38.8 Å². The lowest BCUT2D eigenvalue weighted by Crippen LogP contribution is -2.42. The highest BCUT2D eigenvalue weighted by Crippen LogP contribution is 2.04. The number of hydrogen-bond acceptors (Lipinski definition) is 8. The van der Waals surface area contributed by atoms with E-state index >= 15 is 0 Å². The van der Waals surface area contributed by atoms with Gasteiger partial charge in [0.2, 0.25) is 12.1 Å². The molecule has 0 aromatic carbocycles. The van der Waals surface area contributed by atoms with Crippen molar-refractivity contribution in [3.05, 3.63) is 20.2 Å². The number of ether oxygens (including phenoxy) is 2. The molecule has 0 aromatic heterocycles. The van der Waals surface area contributed by atoms with Crippen LogP contribution in [0.4, 0.5) is 0 Å². The largest absolute Gasteiger partial charge is 0.379 e. The highest BCUT2D eigenvalue weighted by atomic mass is 16.6. The molecule has 0 saturated carbocycles. The van der Waals surface area contributed by atoms with Crippen molar-refractivity contribution >= 4 is 0 Å². The SMILES string of the molecule is CCC(CN1CCOCC1)[N+](=O)[O-].CCC(CN1CCOCC1)[N+](=O)[O-]. The van der Waals surface area contributed by atoms with Crippen molar-refractivity contribution in [1.82, 2.24) is 9.80 Å². The molecule has 10 nitrogen and oxygen atoms in total. The first-order valence-corrected chi connectivity index (χ1v) is 9.35. The van der Waals surface area contributed by atoms with Crippen molar-refractivity contribution in [3.63, 3.8) is 0 Å². The van der Waals surface area contributed by atoms with Gasteiger partial charge in [-0.3, -0.25) is 30.0 Å². The molecule has 2 fully saturated rings. The van der Waals surface area contributed by atoms with Gasteiger partial charge in [-0.15, -0.1) is 0 Å². The first-order chi connectivity index (χ1) is 12.5. The molecule has 2 heterocycles. The first-order valence-electron chi connectivity index (χ1n) is 9.35. The zero-order chi connectivity index (χ0) is 19.4. The Morgan fingerprint density at radius 1 is 0.769 bits per heavy atom. The molecule has 0 aromatic rings. The van der Waals surface area contributed by atoms with Crippen molar-refractivity contribution in [1.29, 1.82) is 0 Å². The van der Waals surface area contributed by atoms with E-state index in [0.717, 1.165) is 26.2 Å². The van der Waals surface area contributed by atoms with Crippen LogP contribution in [0.15, 0.2) is 0 Å². The third-order valence-corrected chi connectivity index (χ3v) is 4.68. The van der Waals surface area contributed by atoms with Crippen LogP contribution in [0.25, 0.3) is 0 Å². The topological polar surface area (TPSA) is 111 Å². The first kappa shape index (κ1) is 22.7. The maximum Gasteiger partial charge on any atom is 0.225 e. The van der Waals surface area contributed by atoms with E-state index in [9.17, 15) is 20.2 Å². The van der Waals surface area contributed by atoms with Crippen LogP contribution in [0.3, 0.4) is 0 Å². The molecule has 2 saturated heterocycles. The quantitative estimate of drug-likeness (QED) is 0.451. The van der Waals surface area contributed by atoms with E-state index < -0.39 is 12.1 Å². The third kappa shape index (κ3) is 8.84. The van der Waals surface area contributed by atoms with E-state index in [2.05, 4.69) is 9.80 Å². The summed E-state index contributed by atoms with van der Waals surface area (Å²) in [4.78, 5) is 24.9. The zero-order valence-electron chi connectivity index (χ0n) is 15.9. The molecule has 0 N–H and O–H groups in total. The number of nitro groups is 2. The number of morpholine rings is 2. The maximum absolute atomic E-state index is 10.6. The normalized spacial score (nSPS) is 21.3. The monoisotopic (exact) mass is 376 g/mol. The van der Waals surface area contributed by atoms with Gasteiger partial charge < -0.3 is 9.47 Å². The predicted octanol–water partition coefficient (Wildman–Crippen LogP) is 0.748. The molecule has 0 spiro atoms. The Kier molecular flexibility index (Phi) is 11.3. The summed E-state index contributed by atoms with van der Waals surface area (Å²) in [6, 6.07) is -0.837. The average Bonchev–Trinajstić information content (AvgIpc) is 2.66. The van der Waals surface area contributed by atoms with Gasteiger partial charge in [0.1, 0.15) is 0 Å². The van der Waals surface area contributed by atoms with E-state index in [1.54, 1.807) is 0 Å². The summed E-state index contributed by atoms with van der Waals surface area (Å²) in [5.41, 5.74) is 0. The molecule has 2 aliphatic heterocycles. The fourth-order valence-corrected chi connectivity index (χ4v) is 2.85. The lowest BCUT2D eigenvalue weighted by Gasteiger charge is -2.27. The Hall–Kier alpha value is -1.36. The lowest BCUT2D eigenvalue weighted by molar-refractivity contribution is -0.523. The fraction of sp³-hybridized carbons (Fsp3) is 1.00. The zero-order valence-corrected chi connectivity index (χ0v) is 15.9. The van der Waals surface area contributed by atoms with Crippen LogP contribution in [0.2, 0.25) is 0 Å². The van der Waals surface area contributed by atoms with Crippen LogP contribution >= 0.6 is 0 Å². The Morgan fingerprint density at radius 3 is 1.31 bits per heavy atom. The fourth-order valence-electron chi connectivity index (χ4n) is 2.85. The van der Waals surface area contributed by atoms with Gasteiger partial charge >= 0.3 is 0 Å². The van der Waals surface area contributed by atoms with Gasteiger partial charge in [-0.2, -0.15) is 0 Å². The third-order valence-electron chi connectivity index (χ3n) is 4.68.